The molecule has 3 aromatic rings. The Labute approximate surface area is 171 Å². The van der Waals surface area contributed by atoms with Gasteiger partial charge in [-0.3, -0.25) is 19.1 Å². The molecule has 0 aromatic carbocycles. The SMILES string of the molecule is Cc1nccn1-c1ccc(N2CCN(C(=O)CCn3ccc(=O)[nH]c3=O)CC2)nn1. The van der Waals surface area contributed by atoms with Gasteiger partial charge in [-0.1, -0.05) is 0 Å². The third-order valence-corrected chi connectivity index (χ3v) is 5.13. The molecular formula is C19H22N8O3. The molecule has 0 saturated carbocycles. The number of carbonyl (C=O) groups excluding carboxylic acids is 1. The summed E-state index contributed by atoms with van der Waals surface area (Å²) in [5.41, 5.74) is -0.956. The maximum Gasteiger partial charge on any atom is 0.328 e. The molecule has 1 aliphatic heterocycles. The molecule has 1 fully saturated rings. The van der Waals surface area contributed by atoms with Crippen molar-refractivity contribution in [2.75, 3.05) is 31.1 Å². The number of hydrogen-bond acceptors (Lipinski definition) is 7. The van der Waals surface area contributed by atoms with Crippen LogP contribution in [0.15, 0.2) is 46.4 Å². The van der Waals surface area contributed by atoms with E-state index in [1.54, 1.807) is 11.1 Å². The van der Waals surface area contributed by atoms with Gasteiger partial charge in [0, 0.05) is 63.8 Å². The molecule has 156 valence electrons. The average Bonchev–Trinajstić information content (AvgIpc) is 3.19. The lowest BCUT2D eigenvalue weighted by Gasteiger charge is -2.35. The molecule has 1 N–H and O–H groups in total. The lowest BCUT2D eigenvalue weighted by molar-refractivity contribution is -0.131. The zero-order valence-electron chi connectivity index (χ0n) is 16.6. The Morgan fingerprint density at radius 3 is 2.40 bits per heavy atom. The van der Waals surface area contributed by atoms with Crippen LogP contribution in [-0.2, 0) is 11.3 Å². The van der Waals surface area contributed by atoms with Crippen molar-refractivity contribution in [3.8, 4) is 5.82 Å². The van der Waals surface area contributed by atoms with Crippen molar-refractivity contribution in [1.82, 2.24) is 34.2 Å². The highest BCUT2D eigenvalue weighted by molar-refractivity contribution is 5.76. The van der Waals surface area contributed by atoms with Gasteiger partial charge in [0.2, 0.25) is 5.91 Å². The third kappa shape index (κ3) is 4.14. The van der Waals surface area contributed by atoms with E-state index >= 15 is 0 Å². The minimum atomic E-state index is -0.506. The number of hydrogen-bond donors (Lipinski definition) is 1. The summed E-state index contributed by atoms with van der Waals surface area (Å²) in [4.78, 5) is 45.5. The van der Waals surface area contributed by atoms with Gasteiger partial charge in [-0.15, -0.1) is 10.2 Å². The Hall–Kier alpha value is -3.76. The van der Waals surface area contributed by atoms with Crippen LogP contribution in [0.5, 0.6) is 0 Å². The molecule has 0 radical (unpaired) electrons. The number of nitrogens with zero attached hydrogens (tertiary/aromatic N) is 7. The third-order valence-electron chi connectivity index (χ3n) is 5.13. The second-order valence-electron chi connectivity index (χ2n) is 7.02. The number of H-pyrrole nitrogens is 1. The normalized spacial score (nSPS) is 14.2. The molecule has 1 saturated heterocycles. The number of amides is 1. The number of aryl methyl sites for hydroxylation is 2. The number of aromatic amines is 1. The first-order valence-corrected chi connectivity index (χ1v) is 9.68. The molecule has 30 heavy (non-hydrogen) atoms. The Morgan fingerprint density at radius 2 is 1.77 bits per heavy atom. The summed E-state index contributed by atoms with van der Waals surface area (Å²) < 4.78 is 3.19. The van der Waals surface area contributed by atoms with E-state index < -0.39 is 11.2 Å². The van der Waals surface area contributed by atoms with E-state index in [9.17, 15) is 14.4 Å². The van der Waals surface area contributed by atoms with Gasteiger partial charge in [0.1, 0.15) is 5.82 Å². The van der Waals surface area contributed by atoms with Crippen LogP contribution >= 0.6 is 0 Å². The van der Waals surface area contributed by atoms with E-state index in [0.717, 1.165) is 11.6 Å². The van der Waals surface area contributed by atoms with Gasteiger partial charge in [0.15, 0.2) is 11.6 Å². The zero-order chi connectivity index (χ0) is 21.1. The Balaban J connectivity index is 1.31. The smallest absolute Gasteiger partial charge is 0.328 e. The standard InChI is InChI=1S/C19H22N8O3/c1-14-20-6-9-27(14)16-3-2-15(22-23-16)24-10-12-25(13-11-24)18(29)5-8-26-7-4-17(28)21-19(26)30/h2-4,6-7,9H,5,8,10-13H2,1H3,(H,21,28,30). The number of rotatable bonds is 5. The van der Waals surface area contributed by atoms with Gasteiger partial charge in [0.25, 0.3) is 5.56 Å². The molecule has 0 atom stereocenters. The lowest BCUT2D eigenvalue weighted by atomic mass is 10.2. The maximum absolute atomic E-state index is 12.5. The van der Waals surface area contributed by atoms with Crippen molar-refractivity contribution in [2.45, 2.75) is 19.9 Å². The molecule has 11 nitrogen and oxygen atoms in total. The second-order valence-corrected chi connectivity index (χ2v) is 7.02. The number of imidazole rings is 1. The van der Waals surface area contributed by atoms with Gasteiger partial charge in [0.05, 0.1) is 0 Å². The predicted octanol–water partition coefficient (Wildman–Crippen LogP) is -0.440. The van der Waals surface area contributed by atoms with Gasteiger partial charge in [-0.2, -0.15) is 0 Å². The van der Waals surface area contributed by atoms with Gasteiger partial charge in [-0.25, -0.2) is 9.78 Å². The molecule has 1 amide bonds. The molecule has 11 heteroatoms. The van der Waals surface area contributed by atoms with Crippen molar-refractivity contribution in [3.63, 3.8) is 0 Å². The van der Waals surface area contributed by atoms with E-state index in [0.29, 0.717) is 32.0 Å². The van der Waals surface area contributed by atoms with Crippen LogP contribution in [0.2, 0.25) is 0 Å². The monoisotopic (exact) mass is 410 g/mol. The first-order chi connectivity index (χ1) is 14.5. The summed E-state index contributed by atoms with van der Waals surface area (Å²) in [7, 11) is 0. The molecule has 4 heterocycles. The van der Waals surface area contributed by atoms with E-state index in [-0.39, 0.29) is 18.9 Å². The molecule has 0 aliphatic carbocycles. The molecule has 0 unspecified atom stereocenters. The van der Waals surface area contributed by atoms with Gasteiger partial charge >= 0.3 is 5.69 Å². The molecule has 0 spiro atoms. The molecule has 3 aromatic heterocycles. The summed E-state index contributed by atoms with van der Waals surface area (Å²) in [5.74, 6) is 2.29. The summed E-state index contributed by atoms with van der Waals surface area (Å²) in [6.07, 6.45) is 5.16. The molecule has 1 aliphatic rings. The van der Waals surface area contributed by atoms with Crippen LogP contribution in [0.4, 0.5) is 5.82 Å². The topological polar surface area (TPSA) is 122 Å². The van der Waals surface area contributed by atoms with E-state index in [2.05, 4.69) is 25.1 Å². The number of piperazine rings is 1. The fraction of sp³-hybridized carbons (Fsp3) is 0.368. The maximum atomic E-state index is 12.5. The van der Waals surface area contributed by atoms with Crippen LogP contribution in [-0.4, -0.2) is 66.3 Å². The van der Waals surface area contributed by atoms with Crippen LogP contribution in [0.25, 0.3) is 5.82 Å². The minimum absolute atomic E-state index is 0.0234. The highest BCUT2D eigenvalue weighted by Crippen LogP contribution is 2.15. The fourth-order valence-electron chi connectivity index (χ4n) is 3.41. The predicted molar refractivity (Wildman–Crippen MR) is 109 cm³/mol. The average molecular weight is 410 g/mol. The molecular weight excluding hydrogens is 388 g/mol. The summed E-state index contributed by atoms with van der Waals surface area (Å²) >= 11 is 0. The second kappa shape index (κ2) is 8.31. The number of anilines is 1. The van der Waals surface area contributed by atoms with Crippen LogP contribution in [0.3, 0.4) is 0 Å². The quantitative estimate of drug-likeness (QED) is 0.605. The number of aromatic nitrogens is 6. The Morgan fingerprint density at radius 1 is 1.03 bits per heavy atom. The highest BCUT2D eigenvalue weighted by atomic mass is 16.2. The molecule has 0 bridgehead atoms. The van der Waals surface area contributed by atoms with Crippen LogP contribution in [0, 0.1) is 6.92 Å². The number of carbonyl (C=O) groups is 1. The first kappa shape index (κ1) is 19.6. The number of nitrogens with one attached hydrogen (secondary N) is 1. The minimum Gasteiger partial charge on any atom is -0.352 e. The first-order valence-electron chi connectivity index (χ1n) is 9.68. The Kier molecular flexibility index (Phi) is 5.42. The van der Waals surface area contributed by atoms with Crippen LogP contribution < -0.4 is 16.1 Å². The van der Waals surface area contributed by atoms with E-state index in [1.165, 1.54) is 16.8 Å². The van der Waals surface area contributed by atoms with Crippen molar-refractivity contribution >= 4 is 11.7 Å². The molecule has 4 rings (SSSR count). The van der Waals surface area contributed by atoms with Gasteiger partial charge in [-0.05, 0) is 19.1 Å². The van der Waals surface area contributed by atoms with E-state index in [1.807, 2.05) is 29.8 Å². The Bertz CT molecular complexity index is 1140. The highest BCUT2D eigenvalue weighted by Gasteiger charge is 2.22. The summed E-state index contributed by atoms with van der Waals surface area (Å²) in [6, 6.07) is 5.09. The summed E-state index contributed by atoms with van der Waals surface area (Å²) in [6.45, 7) is 4.59. The van der Waals surface area contributed by atoms with Crippen molar-refractivity contribution in [1.29, 1.82) is 0 Å². The van der Waals surface area contributed by atoms with Crippen molar-refractivity contribution in [3.05, 3.63) is 63.5 Å². The largest absolute Gasteiger partial charge is 0.352 e. The van der Waals surface area contributed by atoms with E-state index in [4.69, 9.17) is 0 Å². The lowest BCUT2D eigenvalue weighted by Crippen LogP contribution is -2.49. The van der Waals surface area contributed by atoms with Gasteiger partial charge < -0.3 is 14.4 Å². The van der Waals surface area contributed by atoms with Crippen LogP contribution in [0.1, 0.15) is 12.2 Å². The summed E-state index contributed by atoms with van der Waals surface area (Å²) in [5, 5.41) is 8.60. The van der Waals surface area contributed by atoms with Crippen molar-refractivity contribution < 1.29 is 4.79 Å². The zero-order valence-corrected chi connectivity index (χ0v) is 16.6. The van der Waals surface area contributed by atoms with Crippen molar-refractivity contribution in [2.24, 2.45) is 0 Å². The fourth-order valence-corrected chi connectivity index (χ4v) is 3.41.